The number of phenolic OH excluding ortho intramolecular Hbond substituents is 1. The number of aryl methyl sites for hydroxylation is 1. The number of hydrogen-bond acceptors (Lipinski definition) is 1. The van der Waals surface area contributed by atoms with Crippen molar-refractivity contribution in [1.82, 2.24) is 0 Å². The second-order valence-corrected chi connectivity index (χ2v) is 15.0. The fraction of sp³-hybridized carbons (Fsp3) is 0.0182. The summed E-state index contributed by atoms with van der Waals surface area (Å²) in [6.07, 6.45) is 0. The Labute approximate surface area is 326 Å². The highest BCUT2D eigenvalue weighted by Gasteiger charge is 2.22. The molecule has 0 bridgehead atoms. The Morgan fingerprint density at radius 3 is 1.12 bits per heavy atom. The van der Waals surface area contributed by atoms with Gasteiger partial charge in [-0.05, 0) is 147 Å². The van der Waals surface area contributed by atoms with Crippen LogP contribution in [0.3, 0.4) is 0 Å². The Hall–Kier alpha value is -7.22. The van der Waals surface area contributed by atoms with Gasteiger partial charge in [0, 0.05) is 5.56 Å². The fourth-order valence-corrected chi connectivity index (χ4v) is 9.15. The molecule has 11 rings (SSSR count). The molecule has 0 unspecified atom stereocenters. The number of benzene rings is 10. The van der Waals surface area contributed by atoms with Crippen LogP contribution in [0.2, 0.25) is 0 Å². The molecule has 0 aromatic heterocycles. The minimum atomic E-state index is 0.272. The van der Waals surface area contributed by atoms with Gasteiger partial charge in [0.25, 0.3) is 0 Å². The first-order chi connectivity index (χ1) is 27.6. The monoisotopic (exact) mass is 712 g/mol. The normalized spacial score (nSPS) is 11.7. The van der Waals surface area contributed by atoms with E-state index >= 15 is 0 Å². The van der Waals surface area contributed by atoms with E-state index in [2.05, 4.69) is 189 Å². The number of phenols is 1. The van der Waals surface area contributed by atoms with Crippen molar-refractivity contribution < 1.29 is 5.11 Å². The molecule has 1 nitrogen and oxygen atoms in total. The first-order valence-electron chi connectivity index (χ1n) is 19.3. The average molecular weight is 713 g/mol. The summed E-state index contributed by atoms with van der Waals surface area (Å²) in [7, 11) is 0. The topological polar surface area (TPSA) is 20.2 Å². The predicted octanol–water partition coefficient (Wildman–Crippen LogP) is 15.1. The smallest absolute Gasteiger partial charge is 0.123 e. The molecule has 0 radical (unpaired) electrons. The van der Waals surface area contributed by atoms with E-state index in [0.29, 0.717) is 0 Å². The molecule has 0 fully saturated rings. The van der Waals surface area contributed by atoms with E-state index in [1.807, 2.05) is 12.1 Å². The Kier molecular flexibility index (Phi) is 7.30. The molecule has 0 amide bonds. The number of rotatable bonds is 3. The molecule has 1 heteroatoms. The molecule has 0 aliphatic heterocycles. The maximum Gasteiger partial charge on any atom is 0.123 e. The Bertz CT molecular complexity index is 3180. The van der Waals surface area contributed by atoms with Gasteiger partial charge in [-0.15, -0.1) is 0 Å². The molecular weight excluding hydrogens is 677 g/mol. The molecule has 0 saturated carbocycles. The van der Waals surface area contributed by atoms with Crippen molar-refractivity contribution in [2.24, 2.45) is 0 Å². The molecule has 262 valence electrons. The van der Waals surface area contributed by atoms with E-state index in [1.165, 1.54) is 76.8 Å². The zero-order valence-electron chi connectivity index (χ0n) is 30.9. The Morgan fingerprint density at radius 2 is 0.589 bits per heavy atom. The van der Waals surface area contributed by atoms with Gasteiger partial charge >= 0.3 is 0 Å². The van der Waals surface area contributed by atoms with Crippen LogP contribution in [0.25, 0.3) is 110 Å². The van der Waals surface area contributed by atoms with Crippen molar-refractivity contribution in [3.63, 3.8) is 0 Å². The summed E-state index contributed by atoms with van der Waals surface area (Å²) in [5.74, 6) is 0.272. The van der Waals surface area contributed by atoms with Crippen LogP contribution in [0.15, 0.2) is 194 Å². The van der Waals surface area contributed by atoms with Gasteiger partial charge in [-0.25, -0.2) is 0 Å². The summed E-state index contributed by atoms with van der Waals surface area (Å²) in [6.45, 7) is 2.13. The van der Waals surface area contributed by atoms with Crippen LogP contribution < -0.4 is 0 Å². The highest BCUT2D eigenvalue weighted by molar-refractivity contribution is 6.25. The Morgan fingerprint density at radius 1 is 0.250 bits per heavy atom. The molecule has 0 saturated heterocycles. The summed E-state index contributed by atoms with van der Waals surface area (Å²) in [5.41, 5.74) is 17.2. The molecule has 10 aromatic carbocycles. The fourth-order valence-electron chi connectivity index (χ4n) is 9.15. The van der Waals surface area contributed by atoms with Crippen molar-refractivity contribution in [2.45, 2.75) is 6.92 Å². The van der Waals surface area contributed by atoms with E-state index < -0.39 is 0 Å². The van der Waals surface area contributed by atoms with Gasteiger partial charge < -0.3 is 5.11 Å². The molecule has 1 aliphatic carbocycles. The van der Waals surface area contributed by atoms with E-state index in [-0.39, 0.29) is 5.75 Å². The SMILES string of the molecule is Cc1ccc(-c2ccc3c(c2)-c2ccccc2-c2ccccc2-c2ccccc2-3)cc1-c1cc(-c2ccc3c4ccccc4c4ccccc4c3c2)ccc1O. The number of hydrogen-bond donors (Lipinski definition) is 1. The maximum atomic E-state index is 11.5. The lowest BCUT2D eigenvalue weighted by atomic mass is 9.80. The first-order valence-corrected chi connectivity index (χ1v) is 19.3. The summed E-state index contributed by atoms with van der Waals surface area (Å²) in [5, 5.41) is 19.0. The maximum absolute atomic E-state index is 11.5. The van der Waals surface area contributed by atoms with Crippen molar-refractivity contribution in [2.75, 3.05) is 0 Å². The molecule has 10 aromatic rings. The minimum absolute atomic E-state index is 0.272. The third kappa shape index (κ3) is 5.02. The van der Waals surface area contributed by atoms with Crippen LogP contribution in [0.5, 0.6) is 5.75 Å². The predicted molar refractivity (Wildman–Crippen MR) is 237 cm³/mol. The zero-order valence-corrected chi connectivity index (χ0v) is 30.9. The van der Waals surface area contributed by atoms with Gasteiger partial charge in [-0.2, -0.15) is 0 Å². The van der Waals surface area contributed by atoms with Crippen LogP contribution >= 0.6 is 0 Å². The zero-order chi connectivity index (χ0) is 37.3. The largest absolute Gasteiger partial charge is 0.507 e. The molecular formula is C55H36O. The van der Waals surface area contributed by atoms with Gasteiger partial charge in [0.2, 0.25) is 0 Å². The van der Waals surface area contributed by atoms with E-state index in [0.717, 1.165) is 38.9 Å². The minimum Gasteiger partial charge on any atom is -0.507 e. The molecule has 1 aliphatic rings. The first kappa shape index (κ1) is 32.2. The molecule has 56 heavy (non-hydrogen) atoms. The quantitative estimate of drug-likeness (QED) is 0.181. The van der Waals surface area contributed by atoms with Gasteiger partial charge in [0.05, 0.1) is 0 Å². The van der Waals surface area contributed by atoms with Crippen molar-refractivity contribution >= 4 is 32.3 Å². The third-order valence-electron chi connectivity index (χ3n) is 11.9. The van der Waals surface area contributed by atoms with Crippen molar-refractivity contribution in [3.05, 3.63) is 200 Å². The van der Waals surface area contributed by atoms with Gasteiger partial charge in [-0.3, -0.25) is 0 Å². The summed E-state index contributed by atoms with van der Waals surface area (Å²) >= 11 is 0. The van der Waals surface area contributed by atoms with Crippen molar-refractivity contribution in [3.8, 4) is 83.6 Å². The third-order valence-corrected chi connectivity index (χ3v) is 11.9. The van der Waals surface area contributed by atoms with Gasteiger partial charge in [0.15, 0.2) is 0 Å². The standard InChI is InChI=1S/C55H36O/c1-34-22-23-35(36-24-27-49-45-18-6-4-14-41(45)39-12-2-3-13-40(39)43-16-8-10-20-47(43)52(49)31-36)30-51(34)54-33-38(26-29-55(54)56)37-25-28-50-46-19-7-5-15-42(46)44-17-9-11-21-48(44)53(50)32-37/h2-33,56H,1H3. The average Bonchev–Trinajstić information content (AvgIpc) is 3.26. The second kappa shape index (κ2) is 12.7. The molecule has 0 spiro atoms. The molecule has 0 atom stereocenters. The van der Waals surface area contributed by atoms with Crippen LogP contribution in [0, 0.1) is 6.92 Å². The van der Waals surface area contributed by atoms with Crippen LogP contribution in [0.4, 0.5) is 0 Å². The van der Waals surface area contributed by atoms with Crippen LogP contribution in [-0.2, 0) is 0 Å². The Balaban J connectivity index is 1.05. The van der Waals surface area contributed by atoms with Crippen molar-refractivity contribution in [1.29, 1.82) is 0 Å². The lowest BCUT2D eigenvalue weighted by molar-refractivity contribution is 0.477. The lowest BCUT2D eigenvalue weighted by Gasteiger charge is -2.23. The molecule has 0 heterocycles. The highest BCUT2D eigenvalue weighted by atomic mass is 16.3. The van der Waals surface area contributed by atoms with E-state index in [4.69, 9.17) is 0 Å². The number of aromatic hydroxyl groups is 1. The van der Waals surface area contributed by atoms with Crippen LogP contribution in [-0.4, -0.2) is 5.11 Å². The lowest BCUT2D eigenvalue weighted by Crippen LogP contribution is -1.97. The van der Waals surface area contributed by atoms with Crippen LogP contribution in [0.1, 0.15) is 5.56 Å². The summed E-state index contributed by atoms with van der Waals surface area (Å²) < 4.78 is 0. The van der Waals surface area contributed by atoms with Gasteiger partial charge in [-0.1, -0.05) is 164 Å². The highest BCUT2D eigenvalue weighted by Crippen LogP contribution is 2.49. The van der Waals surface area contributed by atoms with Gasteiger partial charge in [0.1, 0.15) is 5.75 Å². The summed E-state index contributed by atoms with van der Waals surface area (Å²) in [6, 6.07) is 70.0. The molecule has 1 N–H and O–H groups in total. The van der Waals surface area contributed by atoms with E-state index in [9.17, 15) is 5.11 Å². The summed E-state index contributed by atoms with van der Waals surface area (Å²) in [4.78, 5) is 0. The van der Waals surface area contributed by atoms with E-state index in [1.54, 1.807) is 0 Å². The number of fused-ring (bicyclic) bond motifs is 14. The second-order valence-electron chi connectivity index (χ2n) is 15.0.